The van der Waals surface area contributed by atoms with E-state index in [4.69, 9.17) is 4.74 Å². The highest BCUT2D eigenvalue weighted by Gasteiger charge is 2.76. The van der Waals surface area contributed by atoms with E-state index in [-0.39, 0.29) is 28.8 Å². The van der Waals surface area contributed by atoms with Crippen LogP contribution in [-0.4, -0.2) is 39.9 Å². The number of aliphatic hydroxyl groups is 2. The van der Waals surface area contributed by atoms with E-state index in [2.05, 4.69) is 41.5 Å². The predicted molar refractivity (Wildman–Crippen MR) is 125 cm³/mol. The lowest BCUT2D eigenvalue weighted by Crippen LogP contribution is -2.56. The van der Waals surface area contributed by atoms with Crippen LogP contribution in [0.2, 0.25) is 0 Å². The molecule has 4 heteroatoms. The Kier molecular flexibility index (Phi) is 5.33. The minimum atomic E-state index is -0.830. The fraction of sp³-hybridized carbons (Fsp3) is 0.893. The normalized spacial score (nSPS) is 51.3. The average molecular weight is 445 g/mol. The van der Waals surface area contributed by atoms with Crippen molar-refractivity contribution in [1.29, 1.82) is 0 Å². The van der Waals surface area contributed by atoms with Crippen LogP contribution in [0.15, 0.2) is 11.1 Å². The number of hydrogen-bond acceptors (Lipinski definition) is 4. The van der Waals surface area contributed by atoms with Crippen LogP contribution >= 0.6 is 0 Å². The summed E-state index contributed by atoms with van der Waals surface area (Å²) in [7, 11) is 0. The average Bonchev–Trinajstić information content (AvgIpc) is 3.35. The SMILES string of the molecule is CC(C)C(C)CC1CCC([C@@]2(C)CCC3=C(C2=O)[C@@H](O)[C@@H]2O[C@@]24C[C@@H](O)CC[C@]34C)C1C. The summed E-state index contributed by atoms with van der Waals surface area (Å²) in [5.41, 5.74) is 0.786. The lowest BCUT2D eigenvalue weighted by atomic mass is 9.50. The standard InChI is InChI=1S/C28H44O4/c1-15(2)16(3)13-18-7-8-20(17(18)4)26(5)11-10-21-22(24(26)31)23(30)25-28(32-25)14-19(29)9-12-27(21,28)6/h15-20,23,25,29-30H,7-14H2,1-6H3/t16?,17?,18?,19-,20?,23+,25-,26+,27+,28-/m0/s1. The molecule has 32 heavy (non-hydrogen) atoms. The molecular formula is C28H44O4. The summed E-state index contributed by atoms with van der Waals surface area (Å²) in [6.45, 7) is 13.8. The molecule has 4 nitrogen and oxygen atoms in total. The number of aliphatic hydroxyl groups excluding tert-OH is 2. The van der Waals surface area contributed by atoms with E-state index in [1.54, 1.807) is 0 Å². The number of rotatable bonds is 4. The molecule has 0 bridgehead atoms. The van der Waals surface area contributed by atoms with Gasteiger partial charge in [0.1, 0.15) is 17.8 Å². The predicted octanol–water partition coefficient (Wildman–Crippen LogP) is 5.06. The maximum absolute atomic E-state index is 14.2. The Morgan fingerprint density at radius 1 is 1.09 bits per heavy atom. The van der Waals surface area contributed by atoms with Gasteiger partial charge >= 0.3 is 0 Å². The second-order valence-electron chi connectivity index (χ2n) is 13.0. The quantitative estimate of drug-likeness (QED) is 0.595. The lowest BCUT2D eigenvalue weighted by Gasteiger charge is -2.52. The zero-order valence-electron chi connectivity index (χ0n) is 21.0. The van der Waals surface area contributed by atoms with Gasteiger partial charge in [-0.2, -0.15) is 0 Å². The van der Waals surface area contributed by atoms with E-state index in [1.807, 2.05) is 0 Å². The van der Waals surface area contributed by atoms with Crippen molar-refractivity contribution in [3.8, 4) is 0 Å². The number of Topliss-reactive ketones (excluding diaryl/α,β-unsaturated/α-hetero) is 1. The summed E-state index contributed by atoms with van der Waals surface area (Å²) in [5, 5.41) is 21.6. The molecule has 2 N–H and O–H groups in total. The summed E-state index contributed by atoms with van der Waals surface area (Å²) >= 11 is 0. The Bertz CT molecular complexity index is 831. The van der Waals surface area contributed by atoms with Crippen LogP contribution in [0, 0.1) is 40.4 Å². The van der Waals surface area contributed by atoms with Gasteiger partial charge in [-0.05, 0) is 74.5 Å². The van der Waals surface area contributed by atoms with Crippen LogP contribution in [0.5, 0.6) is 0 Å². The molecule has 1 spiro atoms. The van der Waals surface area contributed by atoms with Crippen molar-refractivity contribution < 1.29 is 19.7 Å². The molecule has 0 aromatic carbocycles. The van der Waals surface area contributed by atoms with Gasteiger partial charge in [0.25, 0.3) is 0 Å². The van der Waals surface area contributed by atoms with Gasteiger partial charge in [-0.25, -0.2) is 0 Å². The molecule has 4 unspecified atom stereocenters. The Morgan fingerprint density at radius 3 is 2.50 bits per heavy atom. The summed E-state index contributed by atoms with van der Waals surface area (Å²) in [4.78, 5) is 14.2. The molecule has 10 atom stereocenters. The molecule has 180 valence electrons. The van der Waals surface area contributed by atoms with Gasteiger partial charge in [0.15, 0.2) is 5.78 Å². The molecule has 0 aromatic heterocycles. The Hall–Kier alpha value is -0.710. The smallest absolute Gasteiger partial charge is 0.167 e. The van der Waals surface area contributed by atoms with Gasteiger partial charge in [0.05, 0.1) is 6.10 Å². The highest BCUT2D eigenvalue weighted by Crippen LogP contribution is 2.69. The van der Waals surface area contributed by atoms with E-state index in [1.165, 1.54) is 12.8 Å². The second kappa shape index (κ2) is 7.39. The molecule has 3 fully saturated rings. The van der Waals surface area contributed by atoms with Crippen LogP contribution in [0.25, 0.3) is 0 Å². The maximum atomic E-state index is 14.2. The van der Waals surface area contributed by atoms with Crippen molar-refractivity contribution in [2.75, 3.05) is 0 Å². The van der Waals surface area contributed by atoms with Crippen molar-refractivity contribution in [1.82, 2.24) is 0 Å². The number of hydrogen-bond donors (Lipinski definition) is 2. The fourth-order valence-corrected chi connectivity index (χ4v) is 8.57. The van der Waals surface area contributed by atoms with E-state index < -0.39 is 11.7 Å². The molecule has 5 rings (SSSR count). The molecule has 0 amide bonds. The van der Waals surface area contributed by atoms with Crippen molar-refractivity contribution in [3.05, 3.63) is 11.1 Å². The second-order valence-corrected chi connectivity index (χ2v) is 13.0. The molecule has 2 saturated carbocycles. The van der Waals surface area contributed by atoms with Crippen molar-refractivity contribution >= 4 is 5.78 Å². The number of carbonyl (C=O) groups is 1. The van der Waals surface area contributed by atoms with Gasteiger partial charge < -0.3 is 14.9 Å². The van der Waals surface area contributed by atoms with Crippen LogP contribution in [0.3, 0.4) is 0 Å². The van der Waals surface area contributed by atoms with Gasteiger partial charge in [0, 0.05) is 22.8 Å². The van der Waals surface area contributed by atoms with E-state index >= 15 is 0 Å². The minimum absolute atomic E-state index is 0.206. The van der Waals surface area contributed by atoms with Crippen LogP contribution < -0.4 is 0 Å². The Labute approximate surface area is 194 Å². The van der Waals surface area contributed by atoms with E-state index in [0.29, 0.717) is 41.6 Å². The topological polar surface area (TPSA) is 70.1 Å². The Morgan fingerprint density at radius 2 is 1.81 bits per heavy atom. The summed E-state index contributed by atoms with van der Waals surface area (Å²) in [6.07, 6.45) is 6.05. The largest absolute Gasteiger partial charge is 0.393 e. The number of ether oxygens (including phenoxy) is 1. The highest BCUT2D eigenvalue weighted by atomic mass is 16.6. The maximum Gasteiger partial charge on any atom is 0.167 e. The van der Waals surface area contributed by atoms with Crippen molar-refractivity contribution in [2.24, 2.45) is 40.4 Å². The van der Waals surface area contributed by atoms with Gasteiger partial charge in [-0.3, -0.25) is 4.79 Å². The van der Waals surface area contributed by atoms with Crippen molar-refractivity contribution in [2.45, 2.75) is 117 Å². The molecular weight excluding hydrogens is 400 g/mol. The first-order valence-electron chi connectivity index (χ1n) is 13.3. The van der Waals surface area contributed by atoms with E-state index in [0.717, 1.165) is 37.7 Å². The van der Waals surface area contributed by atoms with Crippen LogP contribution in [-0.2, 0) is 9.53 Å². The third-order valence-corrected chi connectivity index (χ3v) is 11.3. The zero-order valence-corrected chi connectivity index (χ0v) is 21.0. The molecule has 0 radical (unpaired) electrons. The number of epoxide rings is 1. The first-order chi connectivity index (χ1) is 15.0. The summed E-state index contributed by atoms with van der Waals surface area (Å²) in [5.74, 6) is 3.26. The van der Waals surface area contributed by atoms with Crippen molar-refractivity contribution in [3.63, 3.8) is 0 Å². The third-order valence-electron chi connectivity index (χ3n) is 11.3. The molecule has 1 aliphatic heterocycles. The monoisotopic (exact) mass is 444 g/mol. The van der Waals surface area contributed by atoms with Gasteiger partial charge in [0.2, 0.25) is 0 Å². The Balaban J connectivity index is 1.43. The van der Waals surface area contributed by atoms with Gasteiger partial charge in [-0.1, -0.05) is 47.1 Å². The van der Waals surface area contributed by atoms with Crippen LogP contribution in [0.4, 0.5) is 0 Å². The van der Waals surface area contributed by atoms with Gasteiger partial charge in [-0.15, -0.1) is 0 Å². The third kappa shape index (κ3) is 2.94. The molecule has 1 saturated heterocycles. The number of carbonyl (C=O) groups excluding carboxylic acids is 1. The first kappa shape index (κ1) is 23.1. The molecule has 4 aliphatic carbocycles. The number of ketones is 1. The molecule has 1 heterocycles. The summed E-state index contributed by atoms with van der Waals surface area (Å²) in [6, 6.07) is 0. The number of fused-ring (bicyclic) bond motifs is 1. The first-order valence-corrected chi connectivity index (χ1v) is 13.3. The minimum Gasteiger partial charge on any atom is -0.393 e. The fourth-order valence-electron chi connectivity index (χ4n) is 8.57. The molecule has 5 aliphatic rings. The molecule has 0 aromatic rings. The highest BCUT2D eigenvalue weighted by molar-refractivity contribution is 6.03. The summed E-state index contributed by atoms with van der Waals surface area (Å²) < 4.78 is 6.19. The van der Waals surface area contributed by atoms with E-state index in [9.17, 15) is 15.0 Å². The zero-order chi connectivity index (χ0) is 23.2. The van der Waals surface area contributed by atoms with Crippen LogP contribution in [0.1, 0.15) is 92.9 Å². The lowest BCUT2D eigenvalue weighted by molar-refractivity contribution is -0.131.